The van der Waals surface area contributed by atoms with Crippen molar-refractivity contribution in [2.45, 2.75) is 44.6 Å². The highest BCUT2D eigenvalue weighted by Gasteiger charge is 2.35. The standard InChI is InChI=1S/C16H21NO3/c1-16(2,12-6-4-3-5-7-12)15(20)17-13-9-8-11(10-13)14(18)19/h3-7,11,13H,8-10H2,1-2H3,(H,17,20)(H,18,19)/t11-,13+/m0/s1. The zero-order valence-corrected chi connectivity index (χ0v) is 11.9. The molecule has 1 amide bonds. The van der Waals surface area contributed by atoms with Crippen LogP contribution in [0.25, 0.3) is 0 Å². The molecule has 0 bridgehead atoms. The minimum absolute atomic E-state index is 0.0217. The van der Waals surface area contributed by atoms with Gasteiger partial charge < -0.3 is 10.4 Å². The Morgan fingerprint density at radius 3 is 2.40 bits per heavy atom. The summed E-state index contributed by atoms with van der Waals surface area (Å²) in [6.45, 7) is 3.78. The average Bonchev–Trinajstić information content (AvgIpc) is 2.88. The number of rotatable bonds is 4. The Morgan fingerprint density at radius 2 is 1.85 bits per heavy atom. The molecule has 2 atom stereocenters. The van der Waals surface area contributed by atoms with Crippen LogP contribution < -0.4 is 5.32 Å². The molecular formula is C16H21NO3. The summed E-state index contributed by atoms with van der Waals surface area (Å²) in [5.41, 5.74) is 0.355. The SMILES string of the molecule is CC(C)(C(=O)N[C@@H]1CC[C@H](C(=O)O)C1)c1ccccc1. The molecule has 108 valence electrons. The Kier molecular flexibility index (Phi) is 4.12. The number of aliphatic carboxylic acids is 1. The van der Waals surface area contributed by atoms with Gasteiger partial charge in [0.2, 0.25) is 5.91 Å². The van der Waals surface area contributed by atoms with Crippen molar-refractivity contribution in [3.8, 4) is 0 Å². The molecule has 0 spiro atoms. The van der Waals surface area contributed by atoms with Gasteiger partial charge in [0, 0.05) is 6.04 Å². The first kappa shape index (κ1) is 14.6. The lowest BCUT2D eigenvalue weighted by Gasteiger charge is -2.26. The molecule has 0 saturated heterocycles. The van der Waals surface area contributed by atoms with E-state index in [1.54, 1.807) is 0 Å². The second-order valence-corrected chi connectivity index (χ2v) is 6.01. The topological polar surface area (TPSA) is 66.4 Å². The van der Waals surface area contributed by atoms with Gasteiger partial charge in [0.15, 0.2) is 0 Å². The van der Waals surface area contributed by atoms with Crippen LogP contribution in [0.1, 0.15) is 38.7 Å². The van der Waals surface area contributed by atoms with Gasteiger partial charge >= 0.3 is 5.97 Å². The second kappa shape index (κ2) is 5.65. The molecule has 2 N–H and O–H groups in total. The van der Waals surface area contributed by atoms with Crippen LogP contribution in [0.2, 0.25) is 0 Å². The van der Waals surface area contributed by atoms with Gasteiger partial charge in [0.05, 0.1) is 11.3 Å². The number of hydrogen-bond acceptors (Lipinski definition) is 2. The normalized spacial score (nSPS) is 22.5. The molecule has 1 fully saturated rings. The lowest BCUT2D eigenvalue weighted by atomic mass is 9.83. The van der Waals surface area contributed by atoms with Crippen molar-refractivity contribution in [3.63, 3.8) is 0 Å². The van der Waals surface area contributed by atoms with E-state index in [0.717, 1.165) is 12.0 Å². The molecule has 1 saturated carbocycles. The second-order valence-electron chi connectivity index (χ2n) is 6.01. The molecular weight excluding hydrogens is 254 g/mol. The number of amides is 1. The van der Waals surface area contributed by atoms with Crippen LogP contribution in [-0.2, 0) is 15.0 Å². The Bertz CT molecular complexity index is 496. The molecule has 0 heterocycles. The van der Waals surface area contributed by atoms with E-state index in [4.69, 9.17) is 5.11 Å². The Balaban J connectivity index is 2.00. The predicted octanol–water partition coefficient (Wildman–Crippen LogP) is 2.33. The summed E-state index contributed by atoms with van der Waals surface area (Å²) in [4.78, 5) is 23.4. The number of benzene rings is 1. The Labute approximate surface area is 119 Å². The Morgan fingerprint density at radius 1 is 1.20 bits per heavy atom. The third-order valence-electron chi connectivity index (χ3n) is 4.18. The number of carbonyl (C=O) groups is 2. The van der Waals surface area contributed by atoms with E-state index in [9.17, 15) is 9.59 Å². The maximum Gasteiger partial charge on any atom is 0.306 e. The van der Waals surface area contributed by atoms with Crippen LogP contribution in [-0.4, -0.2) is 23.0 Å². The fraction of sp³-hybridized carbons (Fsp3) is 0.500. The summed E-state index contributed by atoms with van der Waals surface area (Å²) in [6, 6.07) is 9.61. The maximum atomic E-state index is 12.4. The maximum absolute atomic E-state index is 12.4. The third kappa shape index (κ3) is 3.00. The summed E-state index contributed by atoms with van der Waals surface area (Å²) in [5, 5.41) is 12.0. The summed E-state index contributed by atoms with van der Waals surface area (Å²) >= 11 is 0. The molecule has 1 aliphatic rings. The summed E-state index contributed by atoms with van der Waals surface area (Å²) in [6.07, 6.45) is 1.92. The van der Waals surface area contributed by atoms with Gasteiger partial charge in [-0.2, -0.15) is 0 Å². The zero-order chi connectivity index (χ0) is 14.8. The van der Waals surface area contributed by atoms with Gasteiger partial charge in [-0.05, 0) is 38.7 Å². The monoisotopic (exact) mass is 275 g/mol. The van der Waals surface area contributed by atoms with Gasteiger partial charge in [-0.1, -0.05) is 30.3 Å². The minimum atomic E-state index is -0.760. The van der Waals surface area contributed by atoms with Gasteiger partial charge in [-0.3, -0.25) is 9.59 Å². The molecule has 0 radical (unpaired) electrons. The Hall–Kier alpha value is -1.84. The van der Waals surface area contributed by atoms with Crippen LogP contribution in [0.4, 0.5) is 0 Å². The fourth-order valence-electron chi connectivity index (χ4n) is 2.69. The van der Waals surface area contributed by atoms with Crippen molar-refractivity contribution >= 4 is 11.9 Å². The summed E-state index contributed by atoms with van der Waals surface area (Å²) < 4.78 is 0. The first-order chi connectivity index (χ1) is 9.41. The van der Waals surface area contributed by atoms with E-state index in [1.807, 2.05) is 44.2 Å². The van der Waals surface area contributed by atoms with E-state index >= 15 is 0 Å². The molecule has 4 nitrogen and oxygen atoms in total. The number of carbonyl (C=O) groups excluding carboxylic acids is 1. The van der Waals surface area contributed by atoms with Crippen LogP contribution in [0.3, 0.4) is 0 Å². The largest absolute Gasteiger partial charge is 0.481 e. The molecule has 0 unspecified atom stereocenters. The van der Waals surface area contributed by atoms with Crippen molar-refractivity contribution in [2.75, 3.05) is 0 Å². The first-order valence-corrected chi connectivity index (χ1v) is 7.00. The highest BCUT2D eigenvalue weighted by atomic mass is 16.4. The average molecular weight is 275 g/mol. The smallest absolute Gasteiger partial charge is 0.306 e. The van der Waals surface area contributed by atoms with Crippen molar-refractivity contribution in [1.29, 1.82) is 0 Å². The highest BCUT2D eigenvalue weighted by molar-refractivity contribution is 5.87. The van der Waals surface area contributed by atoms with E-state index in [-0.39, 0.29) is 17.9 Å². The minimum Gasteiger partial charge on any atom is -0.481 e. The number of nitrogens with one attached hydrogen (secondary N) is 1. The van der Waals surface area contributed by atoms with Crippen molar-refractivity contribution in [2.24, 2.45) is 5.92 Å². The molecule has 2 rings (SSSR count). The number of carboxylic acids is 1. The lowest BCUT2D eigenvalue weighted by Crippen LogP contribution is -2.44. The van der Waals surface area contributed by atoms with Crippen LogP contribution >= 0.6 is 0 Å². The molecule has 1 aromatic rings. The summed E-state index contributed by atoms with van der Waals surface area (Å²) in [5.74, 6) is -1.12. The van der Waals surface area contributed by atoms with E-state index < -0.39 is 11.4 Å². The highest BCUT2D eigenvalue weighted by Crippen LogP contribution is 2.28. The summed E-state index contributed by atoms with van der Waals surface area (Å²) in [7, 11) is 0. The number of carboxylic acid groups (broad SMARTS) is 1. The van der Waals surface area contributed by atoms with Crippen molar-refractivity contribution < 1.29 is 14.7 Å². The van der Waals surface area contributed by atoms with Crippen LogP contribution in [0.5, 0.6) is 0 Å². The third-order valence-corrected chi connectivity index (χ3v) is 4.18. The van der Waals surface area contributed by atoms with Gasteiger partial charge in [-0.15, -0.1) is 0 Å². The lowest BCUT2D eigenvalue weighted by molar-refractivity contribution is -0.141. The van der Waals surface area contributed by atoms with Gasteiger partial charge in [0.1, 0.15) is 0 Å². The quantitative estimate of drug-likeness (QED) is 0.886. The molecule has 1 aliphatic carbocycles. The van der Waals surface area contributed by atoms with Crippen molar-refractivity contribution in [1.82, 2.24) is 5.32 Å². The van der Waals surface area contributed by atoms with Crippen LogP contribution in [0.15, 0.2) is 30.3 Å². The molecule has 1 aromatic carbocycles. The zero-order valence-electron chi connectivity index (χ0n) is 11.9. The van der Waals surface area contributed by atoms with Gasteiger partial charge in [-0.25, -0.2) is 0 Å². The predicted molar refractivity (Wildman–Crippen MR) is 76.4 cm³/mol. The van der Waals surface area contributed by atoms with Gasteiger partial charge in [0.25, 0.3) is 0 Å². The van der Waals surface area contributed by atoms with Crippen molar-refractivity contribution in [3.05, 3.63) is 35.9 Å². The fourth-order valence-corrected chi connectivity index (χ4v) is 2.69. The first-order valence-electron chi connectivity index (χ1n) is 7.00. The number of hydrogen-bond donors (Lipinski definition) is 2. The molecule has 0 aliphatic heterocycles. The van der Waals surface area contributed by atoms with E-state index in [2.05, 4.69) is 5.32 Å². The molecule has 20 heavy (non-hydrogen) atoms. The van der Waals surface area contributed by atoms with Crippen LogP contribution in [0, 0.1) is 5.92 Å². The van der Waals surface area contributed by atoms with E-state index in [1.165, 1.54) is 0 Å². The molecule has 4 heteroatoms. The molecule has 0 aromatic heterocycles. The van der Waals surface area contributed by atoms with E-state index in [0.29, 0.717) is 12.8 Å².